The number of hydrogen-bond acceptors (Lipinski definition) is 3. The Hall–Kier alpha value is -0.0900. The van der Waals surface area contributed by atoms with E-state index >= 15 is 0 Å². The maximum atomic E-state index is 11.5. The highest BCUT2D eigenvalue weighted by molar-refractivity contribution is 7.93. The maximum Gasteiger partial charge on any atom is 0.158 e. The van der Waals surface area contributed by atoms with E-state index < -0.39 is 26.1 Å². The predicted octanol–water partition coefficient (Wildman–Crippen LogP) is 0.581. The molecule has 3 nitrogen and oxygen atoms in total. The molecule has 1 saturated heterocycles. The van der Waals surface area contributed by atoms with Crippen molar-refractivity contribution in [1.82, 2.24) is 0 Å². The second-order valence-corrected chi connectivity index (χ2v) is 7.32. The average molecular weight is 192 g/mol. The van der Waals surface area contributed by atoms with E-state index in [4.69, 9.17) is 0 Å². The third-order valence-electron chi connectivity index (χ3n) is 2.76. The molecule has 72 valence electrons. The van der Waals surface area contributed by atoms with Gasteiger partial charge >= 0.3 is 0 Å². The summed E-state index contributed by atoms with van der Waals surface area (Å²) in [5.41, 5.74) is -0.512. The molecule has 0 amide bonds. The first kappa shape index (κ1) is 9.99. The molecule has 1 unspecified atom stereocenters. The molecule has 1 aliphatic rings. The Morgan fingerprint density at radius 2 is 1.67 bits per heavy atom. The topological polar surface area (TPSA) is 54.4 Å². The molecule has 1 aliphatic heterocycles. The first-order chi connectivity index (χ1) is 5.11. The molecule has 0 aromatic rings. The average Bonchev–Trinajstić information content (AvgIpc) is 1.90. The van der Waals surface area contributed by atoms with E-state index in [0.717, 1.165) is 0 Å². The van der Waals surface area contributed by atoms with Gasteiger partial charge in [-0.3, -0.25) is 0 Å². The van der Waals surface area contributed by atoms with Gasteiger partial charge in [-0.15, -0.1) is 0 Å². The van der Waals surface area contributed by atoms with Gasteiger partial charge in [0.1, 0.15) is 0 Å². The van der Waals surface area contributed by atoms with E-state index in [-0.39, 0.29) is 5.75 Å². The molecule has 1 N–H and O–H groups in total. The highest BCUT2D eigenvalue weighted by Gasteiger charge is 2.56. The lowest BCUT2D eigenvalue weighted by atomic mass is 9.83. The summed E-state index contributed by atoms with van der Waals surface area (Å²) in [7, 11) is -3.13. The summed E-state index contributed by atoms with van der Waals surface area (Å²) in [6.45, 7) is 6.73. The maximum absolute atomic E-state index is 11.5. The highest BCUT2D eigenvalue weighted by atomic mass is 32.2. The van der Waals surface area contributed by atoms with Crippen LogP contribution in [0.1, 0.15) is 27.7 Å². The SMILES string of the molecule is CC1(C)CS(=O)(=O)C(C)(C)C1O. The molecule has 1 atom stereocenters. The van der Waals surface area contributed by atoms with Crippen molar-refractivity contribution in [1.29, 1.82) is 0 Å². The van der Waals surface area contributed by atoms with Gasteiger partial charge in [-0.05, 0) is 13.8 Å². The Labute approximate surface area is 73.7 Å². The van der Waals surface area contributed by atoms with E-state index in [9.17, 15) is 13.5 Å². The molecule has 0 aromatic carbocycles. The van der Waals surface area contributed by atoms with Gasteiger partial charge in [0.15, 0.2) is 9.84 Å². The number of sulfone groups is 1. The third-order valence-corrected chi connectivity index (χ3v) is 5.71. The molecule has 0 aliphatic carbocycles. The van der Waals surface area contributed by atoms with Crippen molar-refractivity contribution in [2.75, 3.05) is 5.75 Å². The van der Waals surface area contributed by atoms with Crippen molar-refractivity contribution >= 4 is 9.84 Å². The number of aliphatic hydroxyl groups is 1. The van der Waals surface area contributed by atoms with E-state index in [0.29, 0.717) is 0 Å². The van der Waals surface area contributed by atoms with Gasteiger partial charge < -0.3 is 5.11 Å². The lowest BCUT2D eigenvalue weighted by Crippen LogP contribution is -2.41. The van der Waals surface area contributed by atoms with Gasteiger partial charge in [-0.25, -0.2) is 8.42 Å². The van der Waals surface area contributed by atoms with Crippen LogP contribution in [0.15, 0.2) is 0 Å². The molecule has 0 aromatic heterocycles. The largest absolute Gasteiger partial charge is 0.391 e. The fourth-order valence-corrected chi connectivity index (χ4v) is 4.03. The first-order valence-corrected chi connectivity index (χ1v) is 5.67. The number of hydrogen-bond donors (Lipinski definition) is 1. The van der Waals surface area contributed by atoms with E-state index in [1.165, 1.54) is 0 Å². The summed E-state index contributed by atoms with van der Waals surface area (Å²) in [4.78, 5) is 0. The van der Waals surface area contributed by atoms with Gasteiger partial charge in [-0.2, -0.15) is 0 Å². The Morgan fingerprint density at radius 3 is 1.75 bits per heavy atom. The molecule has 1 rings (SSSR count). The molecular weight excluding hydrogens is 176 g/mol. The van der Waals surface area contributed by atoms with E-state index in [2.05, 4.69) is 0 Å². The minimum atomic E-state index is -3.13. The Kier molecular flexibility index (Phi) is 1.86. The molecule has 1 fully saturated rings. The van der Waals surface area contributed by atoms with E-state index in [1.807, 2.05) is 0 Å². The molecule has 0 saturated carbocycles. The minimum Gasteiger partial charge on any atom is -0.391 e. The molecule has 0 radical (unpaired) electrons. The minimum absolute atomic E-state index is 0.0775. The normalized spacial score (nSPS) is 36.6. The lowest BCUT2D eigenvalue weighted by molar-refractivity contribution is 0.0526. The Bertz CT molecular complexity index is 287. The highest BCUT2D eigenvalue weighted by Crippen LogP contribution is 2.43. The second kappa shape index (κ2) is 2.23. The summed E-state index contributed by atoms with van der Waals surface area (Å²) < 4.78 is 22.1. The van der Waals surface area contributed by atoms with Crippen LogP contribution in [0.2, 0.25) is 0 Å². The second-order valence-electron chi connectivity index (χ2n) is 4.75. The van der Waals surface area contributed by atoms with Crippen LogP contribution in [-0.4, -0.2) is 30.1 Å². The standard InChI is InChI=1S/C8H16O3S/c1-7(2)5-12(10,11)8(3,4)6(7)9/h6,9H,5H2,1-4H3. The zero-order valence-electron chi connectivity index (χ0n) is 7.96. The smallest absolute Gasteiger partial charge is 0.158 e. The molecule has 4 heteroatoms. The Balaban J connectivity index is 3.24. The third kappa shape index (κ3) is 1.09. The first-order valence-electron chi connectivity index (χ1n) is 4.02. The molecular formula is C8H16O3S. The zero-order chi connectivity index (χ0) is 9.78. The molecule has 0 bridgehead atoms. The number of aliphatic hydroxyl groups excluding tert-OH is 1. The van der Waals surface area contributed by atoms with Crippen molar-refractivity contribution < 1.29 is 13.5 Å². The summed E-state index contributed by atoms with van der Waals surface area (Å²) in [6, 6.07) is 0. The van der Waals surface area contributed by atoms with Crippen LogP contribution in [-0.2, 0) is 9.84 Å². The lowest BCUT2D eigenvalue weighted by Gasteiger charge is -2.27. The van der Waals surface area contributed by atoms with Crippen molar-refractivity contribution in [2.45, 2.75) is 38.5 Å². The summed E-state index contributed by atoms with van der Waals surface area (Å²) in [6.07, 6.45) is -0.769. The molecule has 1 heterocycles. The quantitative estimate of drug-likeness (QED) is 0.611. The summed E-state index contributed by atoms with van der Waals surface area (Å²) in [5, 5.41) is 9.74. The molecule has 0 spiro atoms. The van der Waals surface area contributed by atoms with Crippen LogP contribution in [0, 0.1) is 5.41 Å². The van der Waals surface area contributed by atoms with Crippen molar-refractivity contribution in [3.05, 3.63) is 0 Å². The number of rotatable bonds is 0. The van der Waals surface area contributed by atoms with Crippen LogP contribution in [0.25, 0.3) is 0 Å². The van der Waals surface area contributed by atoms with Crippen molar-refractivity contribution in [3.63, 3.8) is 0 Å². The Morgan fingerprint density at radius 1 is 1.25 bits per heavy atom. The van der Waals surface area contributed by atoms with Gasteiger partial charge in [0, 0.05) is 5.41 Å². The molecule has 12 heavy (non-hydrogen) atoms. The van der Waals surface area contributed by atoms with Crippen LogP contribution in [0.3, 0.4) is 0 Å². The van der Waals surface area contributed by atoms with Crippen molar-refractivity contribution in [3.8, 4) is 0 Å². The fourth-order valence-electron chi connectivity index (χ4n) is 1.87. The van der Waals surface area contributed by atoms with Crippen LogP contribution in [0.4, 0.5) is 0 Å². The van der Waals surface area contributed by atoms with Crippen LogP contribution >= 0.6 is 0 Å². The van der Waals surface area contributed by atoms with Gasteiger partial charge in [0.05, 0.1) is 16.6 Å². The van der Waals surface area contributed by atoms with Gasteiger partial charge in [0.2, 0.25) is 0 Å². The van der Waals surface area contributed by atoms with Crippen LogP contribution in [0.5, 0.6) is 0 Å². The predicted molar refractivity (Wildman–Crippen MR) is 47.7 cm³/mol. The summed E-state index contributed by atoms with van der Waals surface area (Å²) >= 11 is 0. The van der Waals surface area contributed by atoms with Gasteiger partial charge in [-0.1, -0.05) is 13.8 Å². The zero-order valence-corrected chi connectivity index (χ0v) is 8.77. The fraction of sp³-hybridized carbons (Fsp3) is 1.00. The van der Waals surface area contributed by atoms with Crippen molar-refractivity contribution in [2.24, 2.45) is 5.41 Å². The van der Waals surface area contributed by atoms with E-state index in [1.54, 1.807) is 27.7 Å². The monoisotopic (exact) mass is 192 g/mol. The van der Waals surface area contributed by atoms with Gasteiger partial charge in [0.25, 0.3) is 0 Å². The summed E-state index contributed by atoms with van der Waals surface area (Å²) in [5.74, 6) is 0.0775. The van der Waals surface area contributed by atoms with Crippen LogP contribution < -0.4 is 0 Å².